The highest BCUT2D eigenvalue weighted by molar-refractivity contribution is 7.09. The molecule has 6 heteroatoms. The minimum atomic E-state index is -0.286. The standard InChI is InChI=1S/C28H26FN3OS/c29-24-13-11-21(12-14-24)25-20-34-26(30-25)19-31-15-17-32(18-16-31)28(33)27(22-7-3-1-4-8-22)23-9-5-2-6-10-23/h1-14,20,27H,15-19H2. The van der Waals surface area contributed by atoms with Gasteiger partial charge in [0.05, 0.1) is 18.2 Å². The molecule has 1 amide bonds. The SMILES string of the molecule is O=C(C(c1ccccc1)c1ccccc1)N1CCN(Cc2nc(-c3ccc(F)cc3)cs2)CC1. The summed E-state index contributed by atoms with van der Waals surface area (Å²) in [5, 5.41) is 3.05. The fourth-order valence-electron chi connectivity index (χ4n) is 4.41. The third-order valence-electron chi connectivity index (χ3n) is 6.25. The average Bonchev–Trinajstić information content (AvgIpc) is 3.35. The molecule has 3 aromatic carbocycles. The highest BCUT2D eigenvalue weighted by Crippen LogP contribution is 2.28. The molecular weight excluding hydrogens is 445 g/mol. The summed E-state index contributed by atoms with van der Waals surface area (Å²) in [6.07, 6.45) is 0. The normalized spacial score (nSPS) is 14.5. The van der Waals surface area contributed by atoms with E-state index in [4.69, 9.17) is 4.98 Å². The molecule has 34 heavy (non-hydrogen) atoms. The van der Waals surface area contributed by atoms with Gasteiger partial charge in [-0.15, -0.1) is 11.3 Å². The predicted octanol–water partition coefficient (Wildman–Crippen LogP) is 5.43. The molecule has 0 N–H and O–H groups in total. The van der Waals surface area contributed by atoms with Gasteiger partial charge in [-0.25, -0.2) is 9.37 Å². The van der Waals surface area contributed by atoms with Crippen molar-refractivity contribution in [2.24, 2.45) is 0 Å². The van der Waals surface area contributed by atoms with Gasteiger partial charge in [-0.2, -0.15) is 0 Å². The second-order valence-electron chi connectivity index (χ2n) is 8.49. The van der Waals surface area contributed by atoms with Crippen molar-refractivity contribution in [2.45, 2.75) is 12.5 Å². The van der Waals surface area contributed by atoms with Crippen molar-refractivity contribution in [3.05, 3.63) is 112 Å². The first-order chi connectivity index (χ1) is 16.7. The van der Waals surface area contributed by atoms with Gasteiger partial charge >= 0.3 is 0 Å². The summed E-state index contributed by atoms with van der Waals surface area (Å²) in [7, 11) is 0. The van der Waals surface area contributed by atoms with Crippen molar-refractivity contribution in [1.82, 2.24) is 14.8 Å². The number of rotatable bonds is 6. The molecule has 5 rings (SSSR count). The van der Waals surface area contributed by atoms with Crippen LogP contribution in [0.2, 0.25) is 0 Å². The number of piperazine rings is 1. The van der Waals surface area contributed by atoms with E-state index in [1.165, 1.54) is 12.1 Å². The van der Waals surface area contributed by atoms with Crippen LogP contribution in [0.15, 0.2) is 90.3 Å². The van der Waals surface area contributed by atoms with Crippen LogP contribution in [0, 0.1) is 5.82 Å². The summed E-state index contributed by atoms with van der Waals surface area (Å²) in [4.78, 5) is 22.7. The summed E-state index contributed by atoms with van der Waals surface area (Å²) in [5.74, 6) is -0.371. The van der Waals surface area contributed by atoms with Gasteiger partial charge in [-0.1, -0.05) is 60.7 Å². The second-order valence-corrected chi connectivity index (χ2v) is 9.43. The smallest absolute Gasteiger partial charge is 0.234 e. The molecule has 1 saturated heterocycles. The number of halogens is 1. The number of thiazole rings is 1. The van der Waals surface area contributed by atoms with Crippen molar-refractivity contribution in [2.75, 3.05) is 26.2 Å². The Balaban J connectivity index is 1.23. The van der Waals surface area contributed by atoms with Crippen LogP contribution in [0.5, 0.6) is 0 Å². The third-order valence-corrected chi connectivity index (χ3v) is 7.08. The minimum absolute atomic E-state index is 0.157. The molecule has 1 aromatic heterocycles. The molecule has 0 bridgehead atoms. The van der Waals surface area contributed by atoms with Gasteiger partial charge in [-0.05, 0) is 35.4 Å². The third kappa shape index (κ3) is 5.08. The molecule has 2 heterocycles. The van der Waals surface area contributed by atoms with Crippen molar-refractivity contribution in [3.8, 4) is 11.3 Å². The Hall–Kier alpha value is -3.35. The quantitative estimate of drug-likeness (QED) is 0.377. The van der Waals surface area contributed by atoms with E-state index in [1.807, 2.05) is 70.9 Å². The molecule has 4 aromatic rings. The average molecular weight is 472 g/mol. The number of nitrogens with zero attached hydrogens (tertiary/aromatic N) is 3. The molecule has 0 atom stereocenters. The maximum Gasteiger partial charge on any atom is 0.234 e. The van der Waals surface area contributed by atoms with E-state index in [2.05, 4.69) is 4.90 Å². The zero-order valence-electron chi connectivity index (χ0n) is 18.8. The largest absolute Gasteiger partial charge is 0.339 e. The van der Waals surface area contributed by atoms with Crippen LogP contribution in [0.4, 0.5) is 4.39 Å². The van der Waals surface area contributed by atoms with Crippen molar-refractivity contribution in [1.29, 1.82) is 0 Å². The Bertz CT molecular complexity index is 1180. The number of benzene rings is 3. The Morgan fingerprint density at radius 3 is 2.03 bits per heavy atom. The highest BCUT2D eigenvalue weighted by Gasteiger charge is 2.30. The minimum Gasteiger partial charge on any atom is -0.339 e. The lowest BCUT2D eigenvalue weighted by Gasteiger charge is -2.36. The van der Waals surface area contributed by atoms with Gasteiger partial charge < -0.3 is 4.90 Å². The van der Waals surface area contributed by atoms with Gasteiger partial charge in [0.2, 0.25) is 5.91 Å². The molecule has 0 spiro atoms. The first kappa shape index (κ1) is 22.4. The van der Waals surface area contributed by atoms with E-state index in [0.29, 0.717) is 13.1 Å². The summed E-state index contributed by atoms with van der Waals surface area (Å²) >= 11 is 1.62. The molecule has 0 unspecified atom stereocenters. The van der Waals surface area contributed by atoms with Crippen LogP contribution < -0.4 is 0 Å². The van der Waals surface area contributed by atoms with Gasteiger partial charge in [-0.3, -0.25) is 9.69 Å². The highest BCUT2D eigenvalue weighted by atomic mass is 32.1. The molecule has 0 aliphatic carbocycles. The van der Waals surface area contributed by atoms with E-state index in [-0.39, 0.29) is 17.6 Å². The number of hydrogen-bond donors (Lipinski definition) is 0. The lowest BCUT2D eigenvalue weighted by Crippen LogP contribution is -2.49. The second kappa shape index (κ2) is 10.3. The maximum absolute atomic E-state index is 13.6. The number of carbonyl (C=O) groups excluding carboxylic acids is 1. The number of carbonyl (C=O) groups is 1. The van der Waals surface area contributed by atoms with Gasteiger partial charge in [0, 0.05) is 37.1 Å². The lowest BCUT2D eigenvalue weighted by molar-refractivity contribution is -0.133. The zero-order valence-corrected chi connectivity index (χ0v) is 19.6. The van der Waals surface area contributed by atoms with Crippen LogP contribution in [-0.4, -0.2) is 46.9 Å². The lowest BCUT2D eigenvalue weighted by atomic mass is 9.90. The van der Waals surface area contributed by atoms with Crippen LogP contribution >= 0.6 is 11.3 Å². The van der Waals surface area contributed by atoms with Crippen molar-refractivity contribution >= 4 is 17.2 Å². The Morgan fingerprint density at radius 2 is 1.44 bits per heavy atom. The van der Waals surface area contributed by atoms with Crippen LogP contribution in [0.3, 0.4) is 0 Å². The Labute approximate surface area is 203 Å². The summed E-state index contributed by atoms with van der Waals surface area (Å²) in [6, 6.07) is 26.5. The molecule has 4 nitrogen and oxygen atoms in total. The Kier molecular flexibility index (Phi) is 6.79. The topological polar surface area (TPSA) is 36.4 Å². The van der Waals surface area contributed by atoms with Gasteiger partial charge in [0.25, 0.3) is 0 Å². The molecule has 1 aliphatic heterocycles. The molecule has 0 radical (unpaired) electrons. The van der Waals surface area contributed by atoms with Gasteiger partial charge in [0.1, 0.15) is 10.8 Å². The summed E-state index contributed by atoms with van der Waals surface area (Å²) in [6.45, 7) is 3.78. The van der Waals surface area contributed by atoms with Crippen molar-refractivity contribution < 1.29 is 9.18 Å². The maximum atomic E-state index is 13.6. The summed E-state index contributed by atoms with van der Waals surface area (Å²) in [5.41, 5.74) is 3.85. The van der Waals surface area contributed by atoms with E-state index in [1.54, 1.807) is 23.5 Å². The number of aromatic nitrogens is 1. The van der Waals surface area contributed by atoms with E-state index >= 15 is 0 Å². The van der Waals surface area contributed by atoms with E-state index in [0.717, 1.165) is 47.0 Å². The van der Waals surface area contributed by atoms with E-state index < -0.39 is 0 Å². The number of amides is 1. The van der Waals surface area contributed by atoms with Crippen LogP contribution in [-0.2, 0) is 11.3 Å². The zero-order chi connectivity index (χ0) is 23.3. The van der Waals surface area contributed by atoms with Crippen molar-refractivity contribution in [3.63, 3.8) is 0 Å². The van der Waals surface area contributed by atoms with Gasteiger partial charge in [0.15, 0.2) is 0 Å². The van der Waals surface area contributed by atoms with Crippen LogP contribution in [0.1, 0.15) is 22.1 Å². The molecule has 1 fully saturated rings. The number of hydrogen-bond acceptors (Lipinski definition) is 4. The summed E-state index contributed by atoms with van der Waals surface area (Å²) < 4.78 is 13.2. The monoisotopic (exact) mass is 471 g/mol. The van der Waals surface area contributed by atoms with Crippen LogP contribution in [0.25, 0.3) is 11.3 Å². The predicted molar refractivity (Wildman–Crippen MR) is 134 cm³/mol. The fourth-order valence-corrected chi connectivity index (χ4v) is 5.25. The first-order valence-corrected chi connectivity index (χ1v) is 12.4. The Morgan fingerprint density at radius 1 is 0.853 bits per heavy atom. The van der Waals surface area contributed by atoms with E-state index in [9.17, 15) is 9.18 Å². The first-order valence-electron chi connectivity index (χ1n) is 11.5. The molecule has 0 saturated carbocycles. The molecule has 172 valence electrons. The molecular formula is C28H26FN3OS. The fraction of sp³-hybridized carbons (Fsp3) is 0.214. The molecule has 1 aliphatic rings.